The molecular formula is C14H22O2. The fraction of sp³-hybridized carbons (Fsp3) is 0.429. The highest BCUT2D eigenvalue weighted by molar-refractivity contribution is 5.28. The average Bonchev–Trinajstić information content (AvgIpc) is 2.38. The Morgan fingerprint density at radius 1 is 1.19 bits per heavy atom. The second-order valence-corrected chi connectivity index (χ2v) is 3.43. The Balaban J connectivity index is 0.00000106. The van der Waals surface area contributed by atoms with Crippen molar-refractivity contribution in [1.29, 1.82) is 0 Å². The monoisotopic (exact) mass is 222 g/mol. The van der Waals surface area contributed by atoms with E-state index in [1.165, 1.54) is 5.56 Å². The molecule has 0 aliphatic rings. The standard InChI is InChI=1S/C12H18O2.C2H4/c1-4-10(2)11-5-7-12(8-6-11)14-9-13-3;1-2/h5-8,10H,4,9H2,1-3H3;1-2H2. The first-order chi connectivity index (χ1) is 7.77. The van der Waals surface area contributed by atoms with E-state index in [-0.39, 0.29) is 0 Å². The molecule has 0 aliphatic carbocycles. The first-order valence-corrected chi connectivity index (χ1v) is 5.49. The van der Waals surface area contributed by atoms with Gasteiger partial charge in [0, 0.05) is 7.11 Å². The SMILES string of the molecule is C=C.CCC(C)c1ccc(OCOC)cc1. The topological polar surface area (TPSA) is 18.5 Å². The summed E-state index contributed by atoms with van der Waals surface area (Å²) in [6, 6.07) is 8.19. The fourth-order valence-corrected chi connectivity index (χ4v) is 1.26. The summed E-state index contributed by atoms with van der Waals surface area (Å²) in [5.74, 6) is 1.48. The molecule has 90 valence electrons. The van der Waals surface area contributed by atoms with Crippen molar-refractivity contribution in [3.8, 4) is 5.75 Å². The lowest BCUT2D eigenvalue weighted by Gasteiger charge is -2.10. The van der Waals surface area contributed by atoms with Gasteiger partial charge in [0.2, 0.25) is 0 Å². The number of benzene rings is 1. The van der Waals surface area contributed by atoms with Crippen molar-refractivity contribution in [1.82, 2.24) is 0 Å². The zero-order valence-electron chi connectivity index (χ0n) is 10.5. The third-order valence-corrected chi connectivity index (χ3v) is 2.40. The largest absolute Gasteiger partial charge is 0.468 e. The van der Waals surface area contributed by atoms with Crippen molar-refractivity contribution in [3.63, 3.8) is 0 Å². The van der Waals surface area contributed by atoms with Crippen LogP contribution in [0.3, 0.4) is 0 Å². The molecule has 0 fully saturated rings. The van der Waals surface area contributed by atoms with Gasteiger partial charge in [-0.1, -0.05) is 26.0 Å². The molecule has 1 aromatic rings. The van der Waals surface area contributed by atoms with Crippen LogP contribution in [0.25, 0.3) is 0 Å². The van der Waals surface area contributed by atoms with Gasteiger partial charge in [-0.25, -0.2) is 0 Å². The highest BCUT2D eigenvalue weighted by Crippen LogP contribution is 2.21. The summed E-state index contributed by atoms with van der Waals surface area (Å²) in [4.78, 5) is 0. The van der Waals surface area contributed by atoms with Crippen molar-refractivity contribution in [2.24, 2.45) is 0 Å². The Hall–Kier alpha value is -1.28. The molecule has 0 heterocycles. The van der Waals surface area contributed by atoms with Crippen LogP contribution in [0.1, 0.15) is 31.7 Å². The van der Waals surface area contributed by atoms with Gasteiger partial charge in [0.25, 0.3) is 0 Å². The number of rotatable bonds is 5. The molecule has 0 aliphatic heterocycles. The Morgan fingerprint density at radius 3 is 2.19 bits per heavy atom. The summed E-state index contributed by atoms with van der Waals surface area (Å²) >= 11 is 0. The quantitative estimate of drug-likeness (QED) is 0.554. The van der Waals surface area contributed by atoms with Crippen LogP contribution in [0.4, 0.5) is 0 Å². The van der Waals surface area contributed by atoms with Crippen LogP contribution in [0.5, 0.6) is 5.75 Å². The summed E-state index contributed by atoms with van der Waals surface area (Å²) in [6.45, 7) is 10.7. The lowest BCUT2D eigenvalue weighted by Crippen LogP contribution is -1.99. The summed E-state index contributed by atoms with van der Waals surface area (Å²) in [5.41, 5.74) is 1.36. The maximum atomic E-state index is 5.30. The average molecular weight is 222 g/mol. The molecule has 0 aromatic heterocycles. The molecule has 2 nitrogen and oxygen atoms in total. The van der Waals surface area contributed by atoms with Gasteiger partial charge in [0.1, 0.15) is 5.75 Å². The Labute approximate surface area is 98.9 Å². The van der Waals surface area contributed by atoms with Gasteiger partial charge in [0.15, 0.2) is 6.79 Å². The summed E-state index contributed by atoms with van der Waals surface area (Å²) < 4.78 is 10.1. The van der Waals surface area contributed by atoms with Crippen LogP contribution in [0.2, 0.25) is 0 Å². The Kier molecular flexibility index (Phi) is 8.26. The maximum Gasteiger partial charge on any atom is 0.188 e. The molecule has 16 heavy (non-hydrogen) atoms. The molecule has 0 spiro atoms. The molecular weight excluding hydrogens is 200 g/mol. The van der Waals surface area contributed by atoms with E-state index in [0.29, 0.717) is 12.7 Å². The Bertz CT molecular complexity index is 267. The van der Waals surface area contributed by atoms with Crippen molar-refractivity contribution < 1.29 is 9.47 Å². The molecule has 0 bridgehead atoms. The number of hydrogen-bond acceptors (Lipinski definition) is 2. The van der Waals surface area contributed by atoms with Crippen LogP contribution >= 0.6 is 0 Å². The van der Waals surface area contributed by atoms with E-state index in [4.69, 9.17) is 9.47 Å². The molecule has 1 atom stereocenters. The van der Waals surface area contributed by atoms with E-state index in [2.05, 4.69) is 39.1 Å². The molecule has 1 rings (SSSR count). The van der Waals surface area contributed by atoms with Gasteiger partial charge in [-0.3, -0.25) is 0 Å². The number of ether oxygens (including phenoxy) is 2. The first-order valence-electron chi connectivity index (χ1n) is 5.49. The Morgan fingerprint density at radius 2 is 1.75 bits per heavy atom. The zero-order valence-corrected chi connectivity index (χ0v) is 10.5. The molecule has 0 saturated heterocycles. The third kappa shape index (κ3) is 4.99. The van der Waals surface area contributed by atoms with Crippen molar-refractivity contribution in [3.05, 3.63) is 43.0 Å². The summed E-state index contributed by atoms with van der Waals surface area (Å²) in [5, 5.41) is 0. The first kappa shape index (κ1) is 14.7. The molecule has 0 radical (unpaired) electrons. The van der Waals surface area contributed by atoms with Crippen molar-refractivity contribution in [2.75, 3.05) is 13.9 Å². The predicted octanol–water partition coefficient (Wildman–Crippen LogP) is 3.99. The number of hydrogen-bond donors (Lipinski definition) is 0. The van der Waals surface area contributed by atoms with Gasteiger partial charge in [-0.2, -0.15) is 0 Å². The van der Waals surface area contributed by atoms with E-state index in [1.54, 1.807) is 7.11 Å². The zero-order chi connectivity index (χ0) is 12.4. The van der Waals surface area contributed by atoms with E-state index in [0.717, 1.165) is 12.2 Å². The number of methoxy groups -OCH3 is 1. The van der Waals surface area contributed by atoms with E-state index in [9.17, 15) is 0 Å². The van der Waals surface area contributed by atoms with E-state index < -0.39 is 0 Å². The third-order valence-electron chi connectivity index (χ3n) is 2.40. The molecule has 1 unspecified atom stereocenters. The van der Waals surface area contributed by atoms with Gasteiger partial charge in [-0.15, -0.1) is 13.2 Å². The van der Waals surface area contributed by atoms with Gasteiger partial charge in [-0.05, 0) is 30.0 Å². The van der Waals surface area contributed by atoms with Crippen LogP contribution in [-0.2, 0) is 4.74 Å². The molecule has 1 aromatic carbocycles. The summed E-state index contributed by atoms with van der Waals surface area (Å²) in [7, 11) is 1.62. The lowest BCUT2D eigenvalue weighted by molar-refractivity contribution is 0.0511. The second kappa shape index (κ2) is 8.98. The normalized spacial score (nSPS) is 11.2. The minimum atomic E-state index is 0.308. The summed E-state index contributed by atoms with van der Waals surface area (Å²) in [6.07, 6.45) is 1.16. The van der Waals surface area contributed by atoms with Gasteiger partial charge < -0.3 is 9.47 Å². The fourth-order valence-electron chi connectivity index (χ4n) is 1.26. The van der Waals surface area contributed by atoms with Crippen molar-refractivity contribution >= 4 is 0 Å². The van der Waals surface area contributed by atoms with E-state index >= 15 is 0 Å². The minimum Gasteiger partial charge on any atom is -0.468 e. The minimum absolute atomic E-state index is 0.308. The molecule has 0 N–H and O–H groups in total. The van der Waals surface area contributed by atoms with Gasteiger partial charge in [0.05, 0.1) is 0 Å². The highest BCUT2D eigenvalue weighted by Gasteiger charge is 2.02. The van der Waals surface area contributed by atoms with Crippen LogP contribution in [0.15, 0.2) is 37.4 Å². The lowest BCUT2D eigenvalue weighted by atomic mass is 9.99. The van der Waals surface area contributed by atoms with Crippen LogP contribution in [0, 0.1) is 0 Å². The molecule has 0 saturated carbocycles. The molecule has 2 heteroatoms. The maximum absolute atomic E-state index is 5.30. The van der Waals surface area contributed by atoms with Gasteiger partial charge >= 0.3 is 0 Å². The smallest absolute Gasteiger partial charge is 0.188 e. The van der Waals surface area contributed by atoms with Crippen molar-refractivity contribution in [2.45, 2.75) is 26.2 Å². The predicted molar refractivity (Wildman–Crippen MR) is 68.9 cm³/mol. The van der Waals surface area contributed by atoms with E-state index in [1.807, 2.05) is 12.1 Å². The highest BCUT2D eigenvalue weighted by atomic mass is 16.7. The van der Waals surface area contributed by atoms with Crippen LogP contribution in [-0.4, -0.2) is 13.9 Å². The van der Waals surface area contributed by atoms with Crippen LogP contribution < -0.4 is 4.74 Å². The molecule has 0 amide bonds. The second-order valence-electron chi connectivity index (χ2n) is 3.43.